The van der Waals surface area contributed by atoms with Gasteiger partial charge in [-0.1, -0.05) is 6.07 Å². The van der Waals surface area contributed by atoms with Crippen molar-refractivity contribution in [1.82, 2.24) is 15.3 Å². The van der Waals surface area contributed by atoms with Crippen molar-refractivity contribution < 1.29 is 9.53 Å². The van der Waals surface area contributed by atoms with E-state index in [0.29, 0.717) is 35.8 Å². The molecule has 25 heavy (non-hydrogen) atoms. The fourth-order valence-corrected chi connectivity index (χ4v) is 2.82. The summed E-state index contributed by atoms with van der Waals surface area (Å²) in [6.07, 6.45) is 2.44. The molecule has 1 aliphatic rings. The number of hydrogen-bond acceptors (Lipinski definition) is 6. The lowest BCUT2D eigenvalue weighted by molar-refractivity contribution is 0.0989. The molecule has 1 aromatic carbocycles. The van der Waals surface area contributed by atoms with E-state index in [0.717, 1.165) is 24.4 Å². The zero-order valence-electron chi connectivity index (χ0n) is 14.0. The van der Waals surface area contributed by atoms with Crippen LogP contribution in [-0.4, -0.2) is 49.2 Å². The van der Waals surface area contributed by atoms with Crippen molar-refractivity contribution in [2.45, 2.75) is 6.42 Å². The van der Waals surface area contributed by atoms with Gasteiger partial charge >= 0.3 is 0 Å². The Kier molecular flexibility index (Phi) is 5.62. The van der Waals surface area contributed by atoms with Gasteiger partial charge in [-0.25, -0.2) is 4.98 Å². The quantitative estimate of drug-likeness (QED) is 0.542. The highest BCUT2D eigenvalue weighted by Crippen LogP contribution is 2.25. The standard InChI is InChI=1S/C17H21N5O2S/c1-18-6-3-9-24-13-5-2-4-12(10-13)22-8-7-19-15-14(16(22)23)11-20-17(25)21-15/h2,4-5,10-11,18H,3,6-9H2,1H3,(H2,19,20,21,25). The molecule has 3 N–H and O–H groups in total. The summed E-state index contributed by atoms with van der Waals surface area (Å²) >= 11 is 5.03. The van der Waals surface area contributed by atoms with Crippen LogP contribution in [0.1, 0.15) is 16.8 Å². The van der Waals surface area contributed by atoms with E-state index < -0.39 is 0 Å². The molecule has 2 aromatic rings. The van der Waals surface area contributed by atoms with Gasteiger partial charge in [0.25, 0.3) is 5.91 Å². The van der Waals surface area contributed by atoms with Crippen LogP contribution >= 0.6 is 12.2 Å². The number of nitrogens with zero attached hydrogens (tertiary/aromatic N) is 2. The maximum atomic E-state index is 12.9. The van der Waals surface area contributed by atoms with Crippen molar-refractivity contribution in [3.63, 3.8) is 0 Å². The number of aromatic nitrogens is 2. The average Bonchev–Trinajstić information content (AvgIpc) is 2.78. The second kappa shape index (κ2) is 8.09. The van der Waals surface area contributed by atoms with E-state index in [1.165, 1.54) is 6.20 Å². The molecule has 0 saturated carbocycles. The number of carbonyl (C=O) groups excluding carboxylic acids is 1. The molecule has 8 heteroatoms. The fourth-order valence-electron chi connectivity index (χ4n) is 2.66. The normalized spacial score (nSPS) is 13.8. The molecule has 2 heterocycles. The average molecular weight is 359 g/mol. The summed E-state index contributed by atoms with van der Waals surface area (Å²) in [6, 6.07) is 7.59. The van der Waals surface area contributed by atoms with Crippen LogP contribution in [0.5, 0.6) is 5.75 Å². The number of carbonyl (C=O) groups is 1. The minimum absolute atomic E-state index is 0.119. The first kappa shape index (κ1) is 17.4. The topological polar surface area (TPSA) is 82.3 Å². The van der Waals surface area contributed by atoms with Crippen LogP contribution in [-0.2, 0) is 0 Å². The summed E-state index contributed by atoms with van der Waals surface area (Å²) in [4.78, 5) is 21.6. The molecule has 0 bridgehead atoms. The van der Waals surface area contributed by atoms with Crippen molar-refractivity contribution in [3.8, 4) is 5.75 Å². The van der Waals surface area contributed by atoms with E-state index in [2.05, 4.69) is 20.6 Å². The maximum absolute atomic E-state index is 12.9. The van der Waals surface area contributed by atoms with Gasteiger partial charge in [0.1, 0.15) is 11.6 Å². The molecular weight excluding hydrogens is 338 g/mol. The fraction of sp³-hybridized carbons (Fsp3) is 0.353. The molecule has 0 atom stereocenters. The van der Waals surface area contributed by atoms with Crippen LogP contribution in [0, 0.1) is 4.77 Å². The van der Waals surface area contributed by atoms with Gasteiger partial charge in [0, 0.05) is 31.0 Å². The van der Waals surface area contributed by atoms with Gasteiger partial charge in [0.05, 0.1) is 12.2 Å². The summed E-state index contributed by atoms with van der Waals surface area (Å²) in [6.45, 7) is 2.68. The summed E-state index contributed by atoms with van der Waals surface area (Å²) in [5.41, 5.74) is 1.28. The Balaban J connectivity index is 1.80. The van der Waals surface area contributed by atoms with Crippen molar-refractivity contribution in [1.29, 1.82) is 0 Å². The molecule has 1 aliphatic heterocycles. The van der Waals surface area contributed by atoms with Gasteiger partial charge in [-0.05, 0) is 44.4 Å². The molecule has 0 aliphatic carbocycles. The number of ether oxygens (including phenoxy) is 1. The van der Waals surface area contributed by atoms with Crippen LogP contribution in [0.25, 0.3) is 0 Å². The van der Waals surface area contributed by atoms with E-state index >= 15 is 0 Å². The van der Waals surface area contributed by atoms with Crippen molar-refractivity contribution in [3.05, 3.63) is 40.8 Å². The number of nitrogens with one attached hydrogen (secondary N) is 3. The molecule has 0 spiro atoms. The highest BCUT2D eigenvalue weighted by Gasteiger charge is 2.24. The molecule has 0 fully saturated rings. The Bertz CT molecular complexity index is 808. The van der Waals surface area contributed by atoms with Gasteiger partial charge in [0.15, 0.2) is 4.77 Å². The van der Waals surface area contributed by atoms with Gasteiger partial charge in [-0.2, -0.15) is 0 Å². The Morgan fingerprint density at radius 2 is 2.32 bits per heavy atom. The molecular formula is C17H21N5O2S. The minimum Gasteiger partial charge on any atom is -0.493 e. The monoisotopic (exact) mass is 359 g/mol. The summed E-state index contributed by atoms with van der Waals surface area (Å²) in [7, 11) is 1.92. The van der Waals surface area contributed by atoms with Crippen LogP contribution in [0.2, 0.25) is 0 Å². The van der Waals surface area contributed by atoms with E-state index in [4.69, 9.17) is 17.0 Å². The van der Waals surface area contributed by atoms with Crippen LogP contribution < -0.4 is 20.3 Å². The molecule has 132 valence electrons. The van der Waals surface area contributed by atoms with E-state index in [-0.39, 0.29) is 5.91 Å². The van der Waals surface area contributed by atoms with E-state index in [9.17, 15) is 4.79 Å². The lowest BCUT2D eigenvalue weighted by Gasteiger charge is -2.21. The van der Waals surface area contributed by atoms with Gasteiger partial charge in [-0.3, -0.25) is 4.79 Å². The number of anilines is 2. The molecule has 3 rings (SSSR count). The summed E-state index contributed by atoms with van der Waals surface area (Å²) in [5, 5.41) is 6.28. The van der Waals surface area contributed by atoms with Gasteiger partial charge in [-0.15, -0.1) is 0 Å². The molecule has 1 amide bonds. The second-order valence-corrected chi connectivity index (χ2v) is 6.05. The lowest BCUT2D eigenvalue weighted by atomic mass is 10.2. The number of benzene rings is 1. The Labute approximate surface area is 151 Å². The Morgan fingerprint density at radius 1 is 1.44 bits per heavy atom. The number of fused-ring (bicyclic) bond motifs is 1. The van der Waals surface area contributed by atoms with Crippen LogP contribution in [0.4, 0.5) is 11.5 Å². The summed E-state index contributed by atoms with van der Waals surface area (Å²) in [5.74, 6) is 1.25. The Morgan fingerprint density at radius 3 is 3.16 bits per heavy atom. The highest BCUT2D eigenvalue weighted by molar-refractivity contribution is 7.71. The zero-order chi connectivity index (χ0) is 17.6. The lowest BCUT2D eigenvalue weighted by Crippen LogP contribution is -2.32. The van der Waals surface area contributed by atoms with Crippen LogP contribution in [0.15, 0.2) is 30.5 Å². The van der Waals surface area contributed by atoms with Crippen molar-refractivity contribution >= 4 is 29.6 Å². The second-order valence-electron chi connectivity index (χ2n) is 5.66. The molecule has 0 unspecified atom stereocenters. The number of aromatic amines is 1. The number of H-pyrrole nitrogens is 1. The first-order valence-corrected chi connectivity index (χ1v) is 8.62. The van der Waals surface area contributed by atoms with Gasteiger partial charge in [0.2, 0.25) is 0 Å². The van der Waals surface area contributed by atoms with E-state index in [1.54, 1.807) is 4.90 Å². The maximum Gasteiger partial charge on any atom is 0.263 e. The molecule has 0 saturated heterocycles. The molecule has 1 aromatic heterocycles. The Hall–Kier alpha value is -2.45. The number of amides is 1. The number of rotatable bonds is 6. The first-order chi connectivity index (χ1) is 12.2. The minimum atomic E-state index is -0.119. The summed E-state index contributed by atoms with van der Waals surface area (Å²) < 4.78 is 6.12. The van der Waals surface area contributed by atoms with Crippen LogP contribution in [0.3, 0.4) is 0 Å². The van der Waals surface area contributed by atoms with Crippen molar-refractivity contribution in [2.24, 2.45) is 0 Å². The first-order valence-electron chi connectivity index (χ1n) is 8.21. The van der Waals surface area contributed by atoms with E-state index in [1.807, 2.05) is 31.3 Å². The third-order valence-corrected chi connectivity index (χ3v) is 4.10. The molecule has 7 nitrogen and oxygen atoms in total. The zero-order valence-corrected chi connectivity index (χ0v) is 14.9. The largest absolute Gasteiger partial charge is 0.493 e. The molecule has 0 radical (unpaired) electrons. The predicted octanol–water partition coefficient (Wildman–Crippen LogP) is 2.20. The number of hydrogen-bond donors (Lipinski definition) is 3. The smallest absolute Gasteiger partial charge is 0.263 e. The third kappa shape index (κ3) is 4.15. The van der Waals surface area contributed by atoms with Crippen molar-refractivity contribution in [2.75, 3.05) is 43.5 Å². The SMILES string of the molecule is CNCCCOc1cccc(N2CCNc3[nH]c(=S)ncc3C2=O)c1. The highest BCUT2D eigenvalue weighted by atomic mass is 32.1. The predicted molar refractivity (Wildman–Crippen MR) is 100 cm³/mol. The van der Waals surface area contributed by atoms with Gasteiger partial charge < -0.3 is 25.3 Å². The third-order valence-electron chi connectivity index (χ3n) is 3.89.